The lowest BCUT2D eigenvalue weighted by molar-refractivity contribution is -0.384. The predicted molar refractivity (Wildman–Crippen MR) is 127 cm³/mol. The Labute approximate surface area is 196 Å². The zero-order valence-electron chi connectivity index (χ0n) is 18.1. The van der Waals surface area contributed by atoms with E-state index in [-0.39, 0.29) is 22.5 Å². The molecule has 1 aliphatic heterocycles. The molecule has 12 heteroatoms. The number of hydrogen-bond acceptors (Lipinski definition) is 7. The van der Waals surface area contributed by atoms with E-state index in [1.165, 1.54) is 36.5 Å². The summed E-state index contributed by atoms with van der Waals surface area (Å²) in [5, 5.41) is 25.9. The van der Waals surface area contributed by atoms with Crippen LogP contribution in [-0.2, 0) is 16.1 Å². The molecule has 0 unspecified atom stereocenters. The van der Waals surface area contributed by atoms with Crippen LogP contribution in [0.1, 0.15) is 17.5 Å². The van der Waals surface area contributed by atoms with Gasteiger partial charge in [-0.25, -0.2) is 0 Å². The highest BCUT2D eigenvalue weighted by atomic mass is 16.6. The molecule has 0 fully saturated rings. The van der Waals surface area contributed by atoms with Crippen molar-refractivity contribution in [3.63, 3.8) is 0 Å². The average molecular weight is 474 g/mol. The molecule has 0 saturated heterocycles. The van der Waals surface area contributed by atoms with E-state index in [0.717, 1.165) is 0 Å². The Bertz CT molecular complexity index is 1610. The minimum atomic E-state index is -0.661. The number of aryl methyl sites for hydroxylation is 1. The van der Waals surface area contributed by atoms with E-state index < -0.39 is 21.7 Å². The standard InChI is InChI=1S/C23H18N6O6/c24-6-1-7-27-11-17(15-9-13(29(34)35)3-5-19(15)27)21-20(22(30)26-23(21)31)16-10-25-18-4-2-12(28(32)33)8-14(16)18/h2-5,8-11,25H,1,6-7,24H2,(H,26,30,31). The number of nitro groups is 2. The van der Waals surface area contributed by atoms with Crippen molar-refractivity contribution in [3.8, 4) is 0 Å². The SMILES string of the molecule is NCCCn1cc(C2=C(c3c[nH]c4ccc([N+](=O)[O-])cc34)C(=O)NC2=O)c2cc([N+](=O)[O-])ccc21. The summed E-state index contributed by atoms with van der Waals surface area (Å²) in [6.45, 7) is 0.922. The van der Waals surface area contributed by atoms with Crippen LogP contribution in [0.4, 0.5) is 11.4 Å². The summed E-state index contributed by atoms with van der Waals surface area (Å²) >= 11 is 0. The number of fused-ring (bicyclic) bond motifs is 2. The van der Waals surface area contributed by atoms with E-state index >= 15 is 0 Å². The van der Waals surface area contributed by atoms with Crippen LogP contribution in [0.2, 0.25) is 0 Å². The summed E-state index contributed by atoms with van der Waals surface area (Å²) in [6.07, 6.45) is 3.82. The van der Waals surface area contributed by atoms with E-state index in [2.05, 4.69) is 10.3 Å². The predicted octanol–water partition coefficient (Wildman–Crippen LogP) is 2.86. The summed E-state index contributed by atoms with van der Waals surface area (Å²) in [5.74, 6) is -1.32. The second-order valence-corrected chi connectivity index (χ2v) is 8.06. The van der Waals surface area contributed by atoms with Crippen LogP contribution < -0.4 is 11.1 Å². The lowest BCUT2D eigenvalue weighted by atomic mass is 9.95. The third kappa shape index (κ3) is 3.52. The van der Waals surface area contributed by atoms with Crippen LogP contribution in [-0.4, -0.2) is 37.8 Å². The quantitative estimate of drug-likeness (QED) is 0.209. The largest absolute Gasteiger partial charge is 0.361 e. The first-order chi connectivity index (χ1) is 16.8. The van der Waals surface area contributed by atoms with Crippen molar-refractivity contribution < 1.29 is 19.4 Å². The zero-order valence-corrected chi connectivity index (χ0v) is 18.1. The van der Waals surface area contributed by atoms with Gasteiger partial charge in [-0.3, -0.25) is 35.1 Å². The van der Waals surface area contributed by atoms with Crippen LogP contribution in [0.25, 0.3) is 33.0 Å². The van der Waals surface area contributed by atoms with Gasteiger partial charge in [0.05, 0.1) is 21.0 Å². The zero-order chi connectivity index (χ0) is 24.9. The van der Waals surface area contributed by atoms with Gasteiger partial charge >= 0.3 is 0 Å². The van der Waals surface area contributed by atoms with E-state index in [4.69, 9.17) is 5.73 Å². The van der Waals surface area contributed by atoms with Crippen molar-refractivity contribution in [2.24, 2.45) is 5.73 Å². The molecule has 12 nitrogen and oxygen atoms in total. The molecule has 4 aromatic rings. The summed E-state index contributed by atoms with van der Waals surface area (Å²) < 4.78 is 1.84. The van der Waals surface area contributed by atoms with Crippen LogP contribution in [0.15, 0.2) is 48.8 Å². The maximum Gasteiger partial charge on any atom is 0.270 e. The van der Waals surface area contributed by atoms with Gasteiger partial charge in [-0.15, -0.1) is 0 Å². The molecule has 2 amide bonds. The molecule has 35 heavy (non-hydrogen) atoms. The minimum absolute atomic E-state index is 0.0335. The summed E-state index contributed by atoms with van der Waals surface area (Å²) in [7, 11) is 0. The lowest BCUT2D eigenvalue weighted by Gasteiger charge is -2.03. The number of carbonyl (C=O) groups is 2. The number of nitrogens with one attached hydrogen (secondary N) is 2. The first kappa shape index (κ1) is 22.0. The Kier molecular flexibility index (Phi) is 5.14. The number of H-pyrrole nitrogens is 1. The van der Waals surface area contributed by atoms with Gasteiger partial charge in [-0.05, 0) is 25.1 Å². The van der Waals surface area contributed by atoms with Gasteiger partial charge in [0.15, 0.2) is 0 Å². The number of amides is 2. The van der Waals surface area contributed by atoms with Crippen LogP contribution in [0, 0.1) is 20.2 Å². The number of rotatable bonds is 7. The number of hydrogen-bond donors (Lipinski definition) is 3. The summed E-state index contributed by atoms with van der Waals surface area (Å²) in [5.41, 5.74) is 7.25. The molecule has 2 aromatic carbocycles. The molecule has 0 saturated carbocycles. The Balaban J connectivity index is 1.81. The van der Waals surface area contributed by atoms with E-state index in [9.17, 15) is 29.8 Å². The number of benzene rings is 2. The molecule has 0 aliphatic carbocycles. The topological polar surface area (TPSA) is 179 Å². The molecule has 2 aromatic heterocycles. The Morgan fingerprint density at radius 2 is 1.51 bits per heavy atom. The Hall–Kier alpha value is -4.84. The van der Waals surface area contributed by atoms with E-state index in [1.54, 1.807) is 12.3 Å². The van der Waals surface area contributed by atoms with Gasteiger partial charge in [0.2, 0.25) is 0 Å². The number of aromatic amines is 1. The van der Waals surface area contributed by atoms with Gasteiger partial charge in [0.25, 0.3) is 23.2 Å². The van der Waals surface area contributed by atoms with Crippen LogP contribution in [0.3, 0.4) is 0 Å². The third-order valence-corrected chi connectivity index (χ3v) is 6.02. The van der Waals surface area contributed by atoms with Gasteiger partial charge in [0.1, 0.15) is 0 Å². The Morgan fingerprint density at radius 1 is 0.886 bits per heavy atom. The second kappa shape index (κ2) is 8.18. The minimum Gasteiger partial charge on any atom is -0.361 e. The molecule has 176 valence electrons. The molecule has 1 aliphatic rings. The molecule has 0 radical (unpaired) electrons. The normalized spacial score (nSPS) is 13.7. The summed E-state index contributed by atoms with van der Waals surface area (Å²) in [4.78, 5) is 50.6. The highest BCUT2D eigenvalue weighted by Crippen LogP contribution is 2.39. The number of imide groups is 1. The number of nitro benzene ring substituents is 2. The van der Waals surface area contributed by atoms with Crippen molar-refractivity contribution in [3.05, 3.63) is 80.1 Å². The number of carbonyl (C=O) groups excluding carboxylic acids is 2. The van der Waals surface area contributed by atoms with Crippen molar-refractivity contribution >= 4 is 56.1 Å². The van der Waals surface area contributed by atoms with Crippen molar-refractivity contribution in [1.82, 2.24) is 14.9 Å². The number of nitrogens with two attached hydrogens (primary N) is 1. The smallest absolute Gasteiger partial charge is 0.270 e. The molecule has 5 rings (SSSR count). The fourth-order valence-corrected chi connectivity index (χ4v) is 4.44. The number of nitrogens with zero attached hydrogens (tertiary/aromatic N) is 3. The average Bonchev–Trinajstić information content (AvgIpc) is 3.49. The van der Waals surface area contributed by atoms with Crippen molar-refractivity contribution in [1.29, 1.82) is 0 Å². The molecule has 0 spiro atoms. The fourth-order valence-electron chi connectivity index (χ4n) is 4.44. The molecule has 3 heterocycles. The summed E-state index contributed by atoms with van der Waals surface area (Å²) in [6, 6.07) is 8.52. The fraction of sp³-hybridized carbons (Fsp3) is 0.130. The molecule has 0 bridgehead atoms. The monoisotopic (exact) mass is 474 g/mol. The number of aromatic nitrogens is 2. The molecule has 4 N–H and O–H groups in total. The Morgan fingerprint density at radius 3 is 2.17 bits per heavy atom. The highest BCUT2D eigenvalue weighted by Gasteiger charge is 2.35. The van der Waals surface area contributed by atoms with Gasteiger partial charge in [0, 0.05) is 76.1 Å². The van der Waals surface area contributed by atoms with E-state index in [1.807, 2.05) is 4.57 Å². The first-order valence-corrected chi connectivity index (χ1v) is 10.6. The number of non-ortho nitro benzene ring substituents is 2. The van der Waals surface area contributed by atoms with E-state index in [0.29, 0.717) is 52.4 Å². The molecular formula is C23H18N6O6. The van der Waals surface area contributed by atoms with Gasteiger partial charge < -0.3 is 15.3 Å². The van der Waals surface area contributed by atoms with Crippen molar-refractivity contribution in [2.75, 3.05) is 6.54 Å². The second-order valence-electron chi connectivity index (χ2n) is 8.06. The van der Waals surface area contributed by atoms with Crippen LogP contribution in [0.5, 0.6) is 0 Å². The third-order valence-electron chi connectivity index (χ3n) is 6.02. The molecule has 0 atom stereocenters. The maximum atomic E-state index is 13.0. The first-order valence-electron chi connectivity index (χ1n) is 10.6. The van der Waals surface area contributed by atoms with Gasteiger partial charge in [-0.1, -0.05) is 0 Å². The molecular weight excluding hydrogens is 456 g/mol. The lowest BCUT2D eigenvalue weighted by Crippen LogP contribution is -2.22. The highest BCUT2D eigenvalue weighted by molar-refractivity contribution is 6.50. The van der Waals surface area contributed by atoms with Gasteiger partial charge in [-0.2, -0.15) is 0 Å². The van der Waals surface area contributed by atoms with Crippen LogP contribution >= 0.6 is 0 Å². The van der Waals surface area contributed by atoms with Crippen molar-refractivity contribution in [2.45, 2.75) is 13.0 Å². The maximum absolute atomic E-state index is 13.0.